The monoisotopic (exact) mass is 310 g/mol. The van der Waals surface area contributed by atoms with Gasteiger partial charge in [-0.1, -0.05) is 24.3 Å². The number of anilines is 1. The highest BCUT2D eigenvalue weighted by Crippen LogP contribution is 2.13. The van der Waals surface area contributed by atoms with E-state index in [0.29, 0.717) is 0 Å². The third kappa shape index (κ3) is 4.07. The summed E-state index contributed by atoms with van der Waals surface area (Å²) < 4.78 is 0. The summed E-state index contributed by atoms with van der Waals surface area (Å²) in [5.74, 6) is 0. The topological polar surface area (TPSA) is 48.5 Å². The van der Waals surface area contributed by atoms with E-state index in [-0.39, 0.29) is 6.03 Å². The van der Waals surface area contributed by atoms with Crippen LogP contribution in [0.3, 0.4) is 0 Å². The number of hydrogen-bond acceptors (Lipinski definition) is 3. The molecule has 3 rings (SSSR count). The van der Waals surface area contributed by atoms with Gasteiger partial charge in [0.25, 0.3) is 0 Å². The first-order chi connectivity index (χ1) is 11.2. The Bertz CT molecular complexity index is 651. The maximum Gasteiger partial charge on any atom is 0.321 e. The van der Waals surface area contributed by atoms with Gasteiger partial charge in [-0.15, -0.1) is 0 Å². The van der Waals surface area contributed by atoms with E-state index in [1.807, 2.05) is 17.0 Å². The Labute approximate surface area is 136 Å². The molecule has 1 aliphatic heterocycles. The van der Waals surface area contributed by atoms with Gasteiger partial charge in [-0.25, -0.2) is 4.79 Å². The van der Waals surface area contributed by atoms with E-state index in [1.54, 1.807) is 12.4 Å². The zero-order valence-corrected chi connectivity index (χ0v) is 13.4. The van der Waals surface area contributed by atoms with Crippen molar-refractivity contribution in [1.82, 2.24) is 14.8 Å². The lowest BCUT2D eigenvalue weighted by Crippen LogP contribution is -2.49. The van der Waals surface area contributed by atoms with Gasteiger partial charge in [-0.3, -0.25) is 9.88 Å². The van der Waals surface area contributed by atoms with Gasteiger partial charge in [0.15, 0.2) is 0 Å². The summed E-state index contributed by atoms with van der Waals surface area (Å²) >= 11 is 0. The van der Waals surface area contributed by atoms with Crippen molar-refractivity contribution in [3.8, 4) is 0 Å². The Morgan fingerprint density at radius 1 is 1.13 bits per heavy atom. The van der Waals surface area contributed by atoms with E-state index in [2.05, 4.69) is 46.4 Å². The van der Waals surface area contributed by atoms with Crippen LogP contribution in [0.4, 0.5) is 10.5 Å². The maximum absolute atomic E-state index is 12.3. The molecule has 0 atom stereocenters. The Kier molecular flexibility index (Phi) is 4.88. The Morgan fingerprint density at radius 2 is 1.91 bits per heavy atom. The van der Waals surface area contributed by atoms with Crippen LogP contribution >= 0.6 is 0 Å². The molecule has 23 heavy (non-hydrogen) atoms. The van der Waals surface area contributed by atoms with Gasteiger partial charge < -0.3 is 10.2 Å². The normalized spacial score (nSPS) is 15.4. The van der Waals surface area contributed by atoms with Gasteiger partial charge in [0, 0.05) is 38.9 Å². The predicted octanol–water partition coefficient (Wildman–Crippen LogP) is 2.74. The highest BCUT2D eigenvalue weighted by Gasteiger charge is 2.21. The summed E-state index contributed by atoms with van der Waals surface area (Å²) in [7, 11) is 0. The molecule has 1 aromatic heterocycles. The quantitative estimate of drug-likeness (QED) is 0.948. The minimum absolute atomic E-state index is 0.0476. The minimum Gasteiger partial charge on any atom is -0.322 e. The largest absolute Gasteiger partial charge is 0.322 e. The molecule has 1 aromatic carbocycles. The molecule has 2 aromatic rings. The predicted molar refractivity (Wildman–Crippen MR) is 91.3 cm³/mol. The van der Waals surface area contributed by atoms with Crippen molar-refractivity contribution >= 4 is 11.7 Å². The number of urea groups is 1. The smallest absolute Gasteiger partial charge is 0.321 e. The van der Waals surface area contributed by atoms with Gasteiger partial charge in [0.2, 0.25) is 0 Å². The molecule has 1 N–H and O–H groups in total. The van der Waals surface area contributed by atoms with Crippen LogP contribution in [0.5, 0.6) is 0 Å². The fourth-order valence-corrected chi connectivity index (χ4v) is 2.78. The second-order valence-corrected chi connectivity index (χ2v) is 5.86. The van der Waals surface area contributed by atoms with Crippen molar-refractivity contribution in [2.24, 2.45) is 0 Å². The lowest BCUT2D eigenvalue weighted by molar-refractivity contribution is 0.143. The molecule has 120 valence electrons. The molecule has 0 unspecified atom stereocenters. The Morgan fingerprint density at radius 3 is 2.61 bits per heavy atom. The number of benzene rings is 1. The molecule has 5 heteroatoms. The van der Waals surface area contributed by atoms with E-state index in [0.717, 1.165) is 38.4 Å². The second-order valence-electron chi connectivity index (χ2n) is 5.86. The SMILES string of the molecule is Cc1ccccc1CN1CCN(C(=O)Nc2cccnc2)CC1. The molecular formula is C18H22N4O. The number of carbonyl (C=O) groups excluding carboxylic acids is 1. The fourth-order valence-electron chi connectivity index (χ4n) is 2.78. The van der Waals surface area contributed by atoms with Crippen LogP contribution in [0.2, 0.25) is 0 Å². The zero-order valence-electron chi connectivity index (χ0n) is 13.4. The summed E-state index contributed by atoms with van der Waals surface area (Å²) in [6.45, 7) is 6.39. The van der Waals surface area contributed by atoms with Crippen molar-refractivity contribution in [2.75, 3.05) is 31.5 Å². The number of nitrogens with one attached hydrogen (secondary N) is 1. The van der Waals surface area contributed by atoms with Crippen LogP contribution in [0.25, 0.3) is 0 Å². The first-order valence-corrected chi connectivity index (χ1v) is 7.95. The Hall–Kier alpha value is -2.40. The van der Waals surface area contributed by atoms with Crippen LogP contribution in [-0.2, 0) is 6.54 Å². The first-order valence-electron chi connectivity index (χ1n) is 7.95. The number of nitrogens with zero attached hydrogens (tertiary/aromatic N) is 3. The van der Waals surface area contributed by atoms with Gasteiger partial charge in [0.05, 0.1) is 11.9 Å². The molecule has 1 saturated heterocycles. The average Bonchev–Trinajstić information content (AvgIpc) is 2.58. The second kappa shape index (κ2) is 7.24. The van der Waals surface area contributed by atoms with Crippen molar-refractivity contribution in [2.45, 2.75) is 13.5 Å². The van der Waals surface area contributed by atoms with Crippen molar-refractivity contribution < 1.29 is 4.79 Å². The van der Waals surface area contributed by atoms with Crippen molar-refractivity contribution in [1.29, 1.82) is 0 Å². The van der Waals surface area contributed by atoms with Gasteiger partial charge in [0.1, 0.15) is 0 Å². The van der Waals surface area contributed by atoms with Crippen LogP contribution in [-0.4, -0.2) is 47.0 Å². The van der Waals surface area contributed by atoms with Crippen LogP contribution in [0.15, 0.2) is 48.8 Å². The van der Waals surface area contributed by atoms with Crippen LogP contribution < -0.4 is 5.32 Å². The van der Waals surface area contributed by atoms with E-state index < -0.39 is 0 Å². The fraction of sp³-hybridized carbons (Fsp3) is 0.333. The maximum atomic E-state index is 12.3. The highest BCUT2D eigenvalue weighted by atomic mass is 16.2. The first kappa shape index (κ1) is 15.5. The number of carbonyl (C=O) groups is 1. The van der Waals surface area contributed by atoms with E-state index in [9.17, 15) is 4.79 Å². The molecule has 2 heterocycles. The number of hydrogen-bond donors (Lipinski definition) is 1. The third-order valence-electron chi connectivity index (χ3n) is 4.23. The number of piperazine rings is 1. The lowest BCUT2D eigenvalue weighted by Gasteiger charge is -2.34. The summed E-state index contributed by atoms with van der Waals surface area (Å²) in [5.41, 5.74) is 3.42. The number of aryl methyl sites for hydroxylation is 1. The summed E-state index contributed by atoms with van der Waals surface area (Å²) in [6, 6.07) is 12.1. The summed E-state index contributed by atoms with van der Waals surface area (Å²) in [6.07, 6.45) is 3.35. The lowest BCUT2D eigenvalue weighted by atomic mass is 10.1. The third-order valence-corrected chi connectivity index (χ3v) is 4.23. The van der Waals surface area contributed by atoms with Gasteiger partial charge >= 0.3 is 6.03 Å². The van der Waals surface area contributed by atoms with Gasteiger partial charge in [-0.2, -0.15) is 0 Å². The summed E-state index contributed by atoms with van der Waals surface area (Å²) in [5, 5.41) is 2.89. The molecule has 5 nitrogen and oxygen atoms in total. The standard InChI is InChI=1S/C18H22N4O/c1-15-5-2-3-6-16(15)14-21-9-11-22(12-10-21)18(23)20-17-7-4-8-19-13-17/h2-8,13H,9-12,14H2,1H3,(H,20,23). The summed E-state index contributed by atoms with van der Waals surface area (Å²) in [4.78, 5) is 20.5. The average molecular weight is 310 g/mol. The van der Waals surface area contributed by atoms with E-state index >= 15 is 0 Å². The zero-order chi connectivity index (χ0) is 16.1. The molecular weight excluding hydrogens is 288 g/mol. The minimum atomic E-state index is -0.0476. The molecule has 0 bridgehead atoms. The molecule has 0 saturated carbocycles. The van der Waals surface area contributed by atoms with Crippen molar-refractivity contribution in [3.63, 3.8) is 0 Å². The highest BCUT2D eigenvalue weighted by molar-refractivity contribution is 5.89. The van der Waals surface area contributed by atoms with Crippen LogP contribution in [0, 0.1) is 6.92 Å². The number of amides is 2. The number of aromatic nitrogens is 1. The van der Waals surface area contributed by atoms with Crippen LogP contribution in [0.1, 0.15) is 11.1 Å². The molecule has 2 amide bonds. The molecule has 0 radical (unpaired) electrons. The molecule has 1 fully saturated rings. The number of rotatable bonds is 3. The van der Waals surface area contributed by atoms with Gasteiger partial charge in [-0.05, 0) is 30.2 Å². The molecule has 0 aliphatic carbocycles. The Balaban J connectivity index is 1.50. The molecule has 0 spiro atoms. The van der Waals surface area contributed by atoms with E-state index in [4.69, 9.17) is 0 Å². The van der Waals surface area contributed by atoms with Crippen molar-refractivity contribution in [3.05, 3.63) is 59.9 Å². The number of pyridine rings is 1. The van der Waals surface area contributed by atoms with E-state index in [1.165, 1.54) is 11.1 Å². The molecule has 1 aliphatic rings.